The van der Waals surface area contributed by atoms with Crippen LogP contribution >= 0.6 is 0 Å². The fraction of sp³-hybridized carbons (Fsp3) is 0.452. The van der Waals surface area contributed by atoms with Crippen LogP contribution in [0.5, 0.6) is 0 Å². The van der Waals surface area contributed by atoms with E-state index in [0.717, 1.165) is 34.4 Å². The Morgan fingerprint density at radius 1 is 1.05 bits per heavy atom. The van der Waals surface area contributed by atoms with E-state index in [0.29, 0.717) is 5.56 Å². The van der Waals surface area contributed by atoms with Gasteiger partial charge < -0.3 is 15.4 Å². The van der Waals surface area contributed by atoms with Gasteiger partial charge in [-0.3, -0.25) is 14.5 Å². The molecular formula is C31H41N3O4. The van der Waals surface area contributed by atoms with E-state index in [2.05, 4.69) is 16.7 Å². The maximum Gasteiger partial charge on any atom is 0.408 e. The summed E-state index contributed by atoms with van der Waals surface area (Å²) >= 11 is 0. The van der Waals surface area contributed by atoms with Gasteiger partial charge in [0.1, 0.15) is 17.7 Å². The zero-order valence-electron chi connectivity index (χ0n) is 23.6. The van der Waals surface area contributed by atoms with E-state index in [9.17, 15) is 14.4 Å². The SMILES string of the molecule is C#CN(C(=O)C(Cc1ccccc1)NC(=O)OC(C)(C)C)C(C(=O)NC(C)CCC)c1ccc(C)cc1C. The number of rotatable bonds is 10. The minimum atomic E-state index is -1.08. The number of ether oxygens (including phenoxy) is 1. The van der Waals surface area contributed by atoms with Crippen LogP contribution in [0, 0.1) is 26.3 Å². The topological polar surface area (TPSA) is 87.7 Å². The maximum atomic E-state index is 14.0. The summed E-state index contributed by atoms with van der Waals surface area (Å²) < 4.78 is 5.42. The van der Waals surface area contributed by atoms with Gasteiger partial charge in [-0.05, 0) is 64.7 Å². The quantitative estimate of drug-likeness (QED) is 0.333. The van der Waals surface area contributed by atoms with Gasteiger partial charge in [-0.1, -0.05) is 73.9 Å². The van der Waals surface area contributed by atoms with E-state index >= 15 is 0 Å². The molecule has 204 valence electrons. The molecule has 0 aliphatic carbocycles. The van der Waals surface area contributed by atoms with Crippen molar-refractivity contribution in [2.75, 3.05) is 0 Å². The number of amides is 3. The van der Waals surface area contributed by atoms with Crippen LogP contribution in [0.4, 0.5) is 4.79 Å². The molecule has 0 aliphatic heterocycles. The first-order chi connectivity index (χ1) is 17.9. The third-order valence-electron chi connectivity index (χ3n) is 5.99. The van der Waals surface area contributed by atoms with Crippen molar-refractivity contribution in [3.05, 3.63) is 70.8 Å². The molecule has 0 bridgehead atoms. The highest BCUT2D eigenvalue weighted by Crippen LogP contribution is 2.27. The summed E-state index contributed by atoms with van der Waals surface area (Å²) in [6.45, 7) is 13.0. The van der Waals surface area contributed by atoms with Gasteiger partial charge in [0.05, 0.1) is 0 Å². The largest absolute Gasteiger partial charge is 0.444 e. The van der Waals surface area contributed by atoms with Crippen molar-refractivity contribution in [1.29, 1.82) is 0 Å². The minimum Gasteiger partial charge on any atom is -0.444 e. The van der Waals surface area contributed by atoms with Gasteiger partial charge in [0.25, 0.3) is 5.91 Å². The average molecular weight is 520 g/mol. The second-order valence-electron chi connectivity index (χ2n) is 10.7. The number of nitrogens with zero attached hydrogens (tertiary/aromatic N) is 1. The molecule has 38 heavy (non-hydrogen) atoms. The van der Waals surface area contributed by atoms with Crippen molar-refractivity contribution >= 4 is 17.9 Å². The van der Waals surface area contributed by atoms with Gasteiger partial charge in [-0.25, -0.2) is 4.79 Å². The van der Waals surface area contributed by atoms with Crippen molar-refractivity contribution in [1.82, 2.24) is 15.5 Å². The van der Waals surface area contributed by atoms with Crippen LogP contribution in [0.1, 0.15) is 75.8 Å². The molecule has 0 heterocycles. The number of nitrogens with one attached hydrogen (secondary N) is 2. The number of aryl methyl sites for hydroxylation is 2. The van der Waals surface area contributed by atoms with Crippen LogP contribution in [-0.4, -0.2) is 40.5 Å². The van der Waals surface area contributed by atoms with Crippen LogP contribution < -0.4 is 10.6 Å². The lowest BCUT2D eigenvalue weighted by Gasteiger charge is -2.32. The summed E-state index contributed by atoms with van der Waals surface area (Å²) in [5.41, 5.74) is 2.55. The van der Waals surface area contributed by atoms with Gasteiger partial charge in [0.15, 0.2) is 0 Å². The lowest BCUT2D eigenvalue weighted by atomic mass is 9.96. The Bertz CT molecular complexity index is 1150. The van der Waals surface area contributed by atoms with E-state index in [-0.39, 0.29) is 18.4 Å². The van der Waals surface area contributed by atoms with E-state index in [4.69, 9.17) is 11.2 Å². The van der Waals surface area contributed by atoms with Crippen molar-refractivity contribution in [3.63, 3.8) is 0 Å². The van der Waals surface area contributed by atoms with Gasteiger partial charge >= 0.3 is 6.09 Å². The second kappa shape index (κ2) is 13.7. The molecule has 0 saturated heterocycles. The Balaban J connectivity index is 2.52. The molecular weight excluding hydrogens is 478 g/mol. The molecule has 7 heteroatoms. The summed E-state index contributed by atoms with van der Waals surface area (Å²) in [6, 6.07) is 15.2. The lowest BCUT2D eigenvalue weighted by molar-refractivity contribution is -0.138. The first-order valence-corrected chi connectivity index (χ1v) is 13.1. The Kier molecular flexibility index (Phi) is 10.9. The number of carbonyl (C=O) groups excluding carboxylic acids is 3. The fourth-order valence-electron chi connectivity index (χ4n) is 4.29. The molecule has 0 aliphatic rings. The standard InChI is InChI=1S/C31H41N3O4/c1-9-14-23(5)32-28(35)27(25-18-17-21(3)19-22(25)4)34(10-2)29(36)26(20-24-15-12-11-13-16-24)33-30(37)38-31(6,7)8/h2,11-13,15-19,23,26-27H,9,14,20H2,1,3-8H3,(H,32,35)(H,33,37). The van der Waals surface area contributed by atoms with Gasteiger partial charge in [0, 0.05) is 18.5 Å². The van der Waals surface area contributed by atoms with Crippen LogP contribution in [0.3, 0.4) is 0 Å². The number of alkyl carbamates (subject to hydrolysis) is 1. The van der Waals surface area contributed by atoms with E-state index < -0.39 is 29.7 Å². The minimum absolute atomic E-state index is 0.101. The molecule has 2 rings (SSSR count). The summed E-state index contributed by atoms with van der Waals surface area (Å²) in [7, 11) is 0. The maximum absolute atomic E-state index is 14.0. The third kappa shape index (κ3) is 8.95. The monoisotopic (exact) mass is 519 g/mol. The van der Waals surface area contributed by atoms with E-state index in [1.54, 1.807) is 20.8 Å². The highest BCUT2D eigenvalue weighted by molar-refractivity contribution is 5.93. The van der Waals surface area contributed by atoms with Gasteiger partial charge in [-0.15, -0.1) is 0 Å². The molecule has 0 aromatic heterocycles. The van der Waals surface area contributed by atoms with Gasteiger partial charge in [-0.2, -0.15) is 0 Å². The summed E-state index contributed by atoms with van der Waals surface area (Å²) in [6.07, 6.45) is 7.02. The van der Waals surface area contributed by atoms with Crippen LogP contribution in [-0.2, 0) is 20.7 Å². The number of carbonyl (C=O) groups is 3. The van der Waals surface area contributed by atoms with E-state index in [1.807, 2.05) is 76.2 Å². The molecule has 0 spiro atoms. The molecule has 0 saturated carbocycles. The van der Waals surface area contributed by atoms with Crippen molar-refractivity contribution in [2.45, 2.75) is 91.5 Å². The molecule has 7 nitrogen and oxygen atoms in total. The van der Waals surface area contributed by atoms with Crippen LogP contribution in [0.2, 0.25) is 0 Å². The highest BCUT2D eigenvalue weighted by atomic mass is 16.6. The summed E-state index contributed by atoms with van der Waals surface area (Å²) in [5, 5.41) is 5.70. The molecule has 0 fully saturated rings. The van der Waals surface area contributed by atoms with Gasteiger partial charge in [0.2, 0.25) is 5.91 Å². The lowest BCUT2D eigenvalue weighted by Crippen LogP contribution is -2.53. The van der Waals surface area contributed by atoms with Crippen molar-refractivity contribution in [3.8, 4) is 12.5 Å². The third-order valence-corrected chi connectivity index (χ3v) is 5.99. The Hall–Kier alpha value is -3.79. The normalized spacial score (nSPS) is 13.4. The number of hydrogen-bond donors (Lipinski definition) is 2. The summed E-state index contributed by atoms with van der Waals surface area (Å²) in [5.74, 6) is -0.953. The Morgan fingerprint density at radius 3 is 2.26 bits per heavy atom. The van der Waals surface area contributed by atoms with Crippen LogP contribution in [0.25, 0.3) is 0 Å². The molecule has 3 atom stereocenters. The first-order valence-electron chi connectivity index (χ1n) is 13.1. The zero-order chi connectivity index (χ0) is 28.5. The smallest absolute Gasteiger partial charge is 0.408 e. The second-order valence-corrected chi connectivity index (χ2v) is 10.7. The first kappa shape index (κ1) is 30.4. The summed E-state index contributed by atoms with van der Waals surface area (Å²) in [4.78, 5) is 41.5. The fourth-order valence-corrected chi connectivity index (χ4v) is 4.29. The number of terminal acetylenes is 1. The average Bonchev–Trinajstić information content (AvgIpc) is 2.82. The Labute approximate surface area is 227 Å². The molecule has 2 aromatic rings. The van der Waals surface area contributed by atoms with E-state index in [1.165, 1.54) is 0 Å². The van der Waals surface area contributed by atoms with Crippen molar-refractivity contribution in [2.24, 2.45) is 0 Å². The zero-order valence-corrected chi connectivity index (χ0v) is 23.6. The Morgan fingerprint density at radius 2 is 1.71 bits per heavy atom. The van der Waals surface area contributed by atoms with Crippen molar-refractivity contribution < 1.29 is 19.1 Å². The molecule has 3 unspecified atom stereocenters. The molecule has 3 amide bonds. The van der Waals surface area contributed by atoms with Crippen LogP contribution in [0.15, 0.2) is 48.5 Å². The molecule has 0 radical (unpaired) electrons. The highest BCUT2D eigenvalue weighted by Gasteiger charge is 2.37. The molecule has 2 N–H and O–H groups in total. The predicted octanol–water partition coefficient (Wildman–Crippen LogP) is 5.20. The number of hydrogen-bond acceptors (Lipinski definition) is 4. The number of benzene rings is 2. The predicted molar refractivity (Wildman–Crippen MR) is 150 cm³/mol. The molecule has 2 aromatic carbocycles.